The number of carbonyl (C=O) groups excluding carboxylic acids is 1. The molecule has 82 valence electrons. The SMILES string of the molecule is Nc1ccc(NC(=O)Cn2cnnn2)cn1. The van der Waals surface area contributed by atoms with Gasteiger partial charge < -0.3 is 11.1 Å². The summed E-state index contributed by atoms with van der Waals surface area (Å²) >= 11 is 0. The molecule has 0 radical (unpaired) electrons. The van der Waals surface area contributed by atoms with E-state index in [0.717, 1.165) is 0 Å². The van der Waals surface area contributed by atoms with Crippen LogP contribution in [0.1, 0.15) is 0 Å². The van der Waals surface area contributed by atoms with Gasteiger partial charge in [0.25, 0.3) is 0 Å². The lowest BCUT2D eigenvalue weighted by Gasteiger charge is -2.03. The molecule has 8 nitrogen and oxygen atoms in total. The van der Waals surface area contributed by atoms with E-state index in [4.69, 9.17) is 5.73 Å². The van der Waals surface area contributed by atoms with Gasteiger partial charge in [0.1, 0.15) is 18.7 Å². The quantitative estimate of drug-likeness (QED) is 0.705. The largest absolute Gasteiger partial charge is 0.384 e. The standard InChI is InChI=1S/C8H9N7O/c9-7-2-1-6(3-10-7)12-8(16)4-15-5-11-13-14-15/h1-3,5H,4H2,(H2,9,10)(H,12,16). The minimum absolute atomic E-state index is 0.0530. The maximum Gasteiger partial charge on any atom is 0.246 e. The molecule has 0 bridgehead atoms. The summed E-state index contributed by atoms with van der Waals surface area (Å²) in [5.74, 6) is 0.164. The number of nitrogens with zero attached hydrogens (tertiary/aromatic N) is 5. The van der Waals surface area contributed by atoms with Crippen molar-refractivity contribution in [3.63, 3.8) is 0 Å². The number of aromatic nitrogens is 5. The Morgan fingerprint density at radius 2 is 2.38 bits per heavy atom. The number of hydrogen-bond acceptors (Lipinski definition) is 6. The van der Waals surface area contributed by atoms with Crippen LogP contribution in [-0.2, 0) is 11.3 Å². The average molecular weight is 219 g/mol. The van der Waals surface area contributed by atoms with Crippen LogP contribution < -0.4 is 11.1 Å². The number of nitrogens with two attached hydrogens (primary N) is 1. The van der Waals surface area contributed by atoms with Crippen molar-refractivity contribution in [1.82, 2.24) is 25.2 Å². The van der Waals surface area contributed by atoms with Crippen molar-refractivity contribution in [3.05, 3.63) is 24.7 Å². The molecule has 16 heavy (non-hydrogen) atoms. The number of hydrogen-bond donors (Lipinski definition) is 2. The molecule has 8 heteroatoms. The first-order chi connectivity index (χ1) is 7.74. The Kier molecular flexibility index (Phi) is 2.72. The van der Waals surface area contributed by atoms with E-state index in [9.17, 15) is 4.79 Å². The topological polar surface area (TPSA) is 112 Å². The number of nitrogens with one attached hydrogen (secondary N) is 1. The molecule has 0 aromatic carbocycles. The van der Waals surface area contributed by atoms with E-state index < -0.39 is 0 Å². The molecule has 0 aliphatic heterocycles. The monoisotopic (exact) mass is 219 g/mol. The highest BCUT2D eigenvalue weighted by molar-refractivity contribution is 5.90. The van der Waals surface area contributed by atoms with Gasteiger partial charge in [-0.2, -0.15) is 0 Å². The van der Waals surface area contributed by atoms with Crippen LogP contribution in [0.25, 0.3) is 0 Å². The van der Waals surface area contributed by atoms with Crippen LogP contribution in [0.2, 0.25) is 0 Å². The highest BCUT2D eigenvalue weighted by atomic mass is 16.2. The summed E-state index contributed by atoms with van der Waals surface area (Å²) in [5.41, 5.74) is 5.99. The lowest BCUT2D eigenvalue weighted by molar-refractivity contribution is -0.116. The van der Waals surface area contributed by atoms with Gasteiger partial charge in [0.05, 0.1) is 11.9 Å². The fourth-order valence-electron chi connectivity index (χ4n) is 1.08. The van der Waals surface area contributed by atoms with Crippen molar-refractivity contribution in [2.75, 3.05) is 11.1 Å². The van der Waals surface area contributed by atoms with E-state index in [2.05, 4.69) is 25.8 Å². The molecule has 0 atom stereocenters. The van der Waals surface area contributed by atoms with Crippen LogP contribution in [0, 0.1) is 0 Å². The van der Waals surface area contributed by atoms with Gasteiger partial charge >= 0.3 is 0 Å². The maximum absolute atomic E-state index is 11.5. The highest BCUT2D eigenvalue weighted by Gasteiger charge is 2.04. The summed E-state index contributed by atoms with van der Waals surface area (Å²) in [4.78, 5) is 15.3. The van der Waals surface area contributed by atoms with Crippen molar-refractivity contribution in [3.8, 4) is 0 Å². The molecule has 2 aromatic rings. The van der Waals surface area contributed by atoms with Crippen molar-refractivity contribution in [1.29, 1.82) is 0 Å². The Balaban J connectivity index is 1.95. The van der Waals surface area contributed by atoms with Crippen molar-refractivity contribution < 1.29 is 4.79 Å². The van der Waals surface area contributed by atoms with E-state index in [1.807, 2.05) is 0 Å². The van der Waals surface area contributed by atoms with E-state index in [0.29, 0.717) is 11.5 Å². The summed E-state index contributed by atoms with van der Waals surface area (Å²) in [6.07, 6.45) is 2.84. The summed E-state index contributed by atoms with van der Waals surface area (Å²) in [7, 11) is 0. The van der Waals surface area contributed by atoms with E-state index >= 15 is 0 Å². The molecule has 2 aromatic heterocycles. The maximum atomic E-state index is 11.5. The predicted molar refractivity (Wildman–Crippen MR) is 55.1 cm³/mol. The van der Waals surface area contributed by atoms with Gasteiger partial charge in [0.15, 0.2) is 0 Å². The second-order valence-corrected chi connectivity index (χ2v) is 3.03. The Morgan fingerprint density at radius 1 is 1.50 bits per heavy atom. The molecule has 0 aliphatic carbocycles. The zero-order valence-electron chi connectivity index (χ0n) is 8.24. The van der Waals surface area contributed by atoms with Gasteiger partial charge in [0.2, 0.25) is 5.91 Å². The van der Waals surface area contributed by atoms with E-state index in [1.165, 1.54) is 17.2 Å². The van der Waals surface area contributed by atoms with Crippen LogP contribution in [0.5, 0.6) is 0 Å². The zero-order valence-corrected chi connectivity index (χ0v) is 8.24. The summed E-state index contributed by atoms with van der Waals surface area (Å²) < 4.78 is 1.32. The lowest BCUT2D eigenvalue weighted by Crippen LogP contribution is -2.19. The molecule has 0 saturated carbocycles. The second-order valence-electron chi connectivity index (χ2n) is 3.03. The van der Waals surface area contributed by atoms with Gasteiger partial charge in [-0.25, -0.2) is 9.67 Å². The first kappa shape index (κ1) is 10.0. The summed E-state index contributed by atoms with van der Waals surface area (Å²) in [5, 5.41) is 13.0. The Morgan fingerprint density at radius 3 is 3.00 bits per heavy atom. The summed E-state index contributed by atoms with van der Waals surface area (Å²) in [6.45, 7) is 0.0530. The Labute approximate surface area is 90.5 Å². The van der Waals surface area contributed by atoms with Crippen molar-refractivity contribution in [2.45, 2.75) is 6.54 Å². The smallest absolute Gasteiger partial charge is 0.246 e. The van der Waals surface area contributed by atoms with Crippen LogP contribution >= 0.6 is 0 Å². The van der Waals surface area contributed by atoms with Crippen LogP contribution in [0.4, 0.5) is 11.5 Å². The molecule has 3 N–H and O–H groups in total. The Bertz CT molecular complexity index is 464. The molecule has 2 rings (SSSR count). The van der Waals surface area contributed by atoms with Crippen LogP contribution in [0.15, 0.2) is 24.7 Å². The number of carbonyl (C=O) groups is 1. The minimum atomic E-state index is -0.237. The van der Waals surface area contributed by atoms with Gasteiger partial charge in [-0.05, 0) is 22.6 Å². The van der Waals surface area contributed by atoms with Gasteiger partial charge in [-0.3, -0.25) is 4.79 Å². The minimum Gasteiger partial charge on any atom is -0.384 e. The first-order valence-corrected chi connectivity index (χ1v) is 4.46. The third-order valence-corrected chi connectivity index (χ3v) is 1.77. The van der Waals surface area contributed by atoms with Gasteiger partial charge in [-0.1, -0.05) is 0 Å². The zero-order chi connectivity index (χ0) is 11.4. The van der Waals surface area contributed by atoms with E-state index in [1.54, 1.807) is 12.1 Å². The number of nitrogen functional groups attached to an aromatic ring is 1. The molecule has 0 spiro atoms. The lowest BCUT2D eigenvalue weighted by atomic mass is 10.4. The van der Waals surface area contributed by atoms with Gasteiger partial charge in [-0.15, -0.1) is 5.10 Å². The molecular weight excluding hydrogens is 210 g/mol. The number of anilines is 2. The average Bonchev–Trinajstić information content (AvgIpc) is 2.74. The first-order valence-electron chi connectivity index (χ1n) is 4.46. The Hall–Kier alpha value is -2.51. The van der Waals surface area contributed by atoms with Crippen LogP contribution in [0.3, 0.4) is 0 Å². The molecule has 0 aliphatic rings. The number of amides is 1. The third kappa shape index (κ3) is 2.50. The van der Waals surface area contributed by atoms with Gasteiger partial charge in [0, 0.05) is 0 Å². The molecule has 2 heterocycles. The molecular formula is C8H9N7O. The predicted octanol–water partition coefficient (Wildman–Crippen LogP) is -0.711. The van der Waals surface area contributed by atoms with Crippen molar-refractivity contribution in [2.24, 2.45) is 0 Å². The van der Waals surface area contributed by atoms with E-state index in [-0.39, 0.29) is 12.5 Å². The van der Waals surface area contributed by atoms with Crippen molar-refractivity contribution >= 4 is 17.4 Å². The molecule has 1 amide bonds. The number of pyridine rings is 1. The fourth-order valence-corrected chi connectivity index (χ4v) is 1.08. The summed E-state index contributed by atoms with van der Waals surface area (Å²) in [6, 6.07) is 3.27. The highest BCUT2D eigenvalue weighted by Crippen LogP contribution is 2.06. The molecule has 0 saturated heterocycles. The normalized spacial score (nSPS) is 10.0. The number of tetrazole rings is 1. The van der Waals surface area contributed by atoms with Crippen LogP contribution in [-0.4, -0.2) is 31.1 Å². The fraction of sp³-hybridized carbons (Fsp3) is 0.125. The second kappa shape index (κ2) is 4.34. The molecule has 0 unspecified atom stereocenters. The molecule has 0 fully saturated rings. The third-order valence-electron chi connectivity index (χ3n) is 1.77. The number of rotatable bonds is 3.